The summed E-state index contributed by atoms with van der Waals surface area (Å²) >= 11 is 6.69. The molecular formula is C22H18Br2N2O3. The molecule has 7 heteroatoms. The lowest BCUT2D eigenvalue weighted by atomic mass is 9.86. The van der Waals surface area contributed by atoms with E-state index in [-0.39, 0.29) is 5.78 Å². The predicted octanol–water partition coefficient (Wildman–Crippen LogP) is 4.63. The molecule has 3 rings (SSSR count). The van der Waals surface area contributed by atoms with Crippen LogP contribution in [0.2, 0.25) is 0 Å². The fraction of sp³-hybridized carbons (Fsp3) is 0.136. The van der Waals surface area contributed by atoms with E-state index in [9.17, 15) is 14.4 Å². The quantitative estimate of drug-likeness (QED) is 0.577. The van der Waals surface area contributed by atoms with Crippen molar-refractivity contribution in [3.63, 3.8) is 0 Å². The molecule has 0 bridgehead atoms. The van der Waals surface area contributed by atoms with Crippen LogP contribution in [0.25, 0.3) is 12.2 Å². The number of hydrogen-bond donors (Lipinski definition) is 2. The number of nitrogens with two attached hydrogens (primary N) is 2. The van der Waals surface area contributed by atoms with Crippen LogP contribution in [0.1, 0.15) is 51.1 Å². The molecular weight excluding hydrogens is 500 g/mol. The average molecular weight is 518 g/mol. The largest absolute Gasteiger partial charge is 0.366 e. The van der Waals surface area contributed by atoms with E-state index in [0.29, 0.717) is 44.1 Å². The monoisotopic (exact) mass is 516 g/mol. The summed E-state index contributed by atoms with van der Waals surface area (Å²) in [5.74, 6) is -1.02. The van der Waals surface area contributed by atoms with Crippen LogP contribution in [0.15, 0.2) is 56.5 Å². The standard InChI is InChI=1S/C22H18Br2N2O3/c23-18-10-12(4-6-16(18)21(25)28)8-14-2-1-3-15(20(14)27)9-13-5-7-17(22(26)29)19(24)11-13/h4-11H,1-3H2,(H2,25,28)(H2,26,29)/b14-8+,15-9+. The SMILES string of the molecule is NC(=O)c1ccc(/C=C2\CCC/C(=C\c3ccc(C(N)=O)c(Br)c3)C2=O)cc1Br. The van der Waals surface area contributed by atoms with E-state index in [4.69, 9.17) is 11.5 Å². The van der Waals surface area contributed by atoms with Gasteiger partial charge in [0.25, 0.3) is 0 Å². The topological polar surface area (TPSA) is 103 Å². The van der Waals surface area contributed by atoms with Crippen molar-refractivity contribution in [2.75, 3.05) is 0 Å². The highest BCUT2D eigenvalue weighted by Gasteiger charge is 2.21. The number of hydrogen-bond acceptors (Lipinski definition) is 3. The molecule has 0 aliphatic heterocycles. The van der Waals surface area contributed by atoms with Gasteiger partial charge in [0.2, 0.25) is 11.8 Å². The van der Waals surface area contributed by atoms with E-state index in [0.717, 1.165) is 17.5 Å². The number of amides is 2. The molecule has 1 fully saturated rings. The maximum Gasteiger partial charge on any atom is 0.249 e. The molecule has 0 saturated heterocycles. The molecule has 0 radical (unpaired) electrons. The average Bonchev–Trinajstić information content (AvgIpc) is 2.64. The normalized spacial score (nSPS) is 17.0. The summed E-state index contributed by atoms with van der Waals surface area (Å²) in [6.45, 7) is 0. The number of benzene rings is 2. The Bertz CT molecular complexity index is 1000. The van der Waals surface area contributed by atoms with E-state index in [2.05, 4.69) is 31.9 Å². The number of primary amides is 2. The highest BCUT2D eigenvalue weighted by Crippen LogP contribution is 2.30. The first-order valence-electron chi connectivity index (χ1n) is 8.91. The Hall–Kier alpha value is -2.51. The lowest BCUT2D eigenvalue weighted by Gasteiger charge is -2.17. The second kappa shape index (κ2) is 8.88. The summed E-state index contributed by atoms with van der Waals surface area (Å²) in [6, 6.07) is 10.4. The zero-order valence-corrected chi connectivity index (χ0v) is 18.5. The third-order valence-electron chi connectivity index (χ3n) is 4.67. The maximum atomic E-state index is 12.9. The van der Waals surface area contributed by atoms with Gasteiger partial charge in [-0.2, -0.15) is 0 Å². The third-order valence-corrected chi connectivity index (χ3v) is 5.99. The molecule has 0 aromatic heterocycles. The number of carbonyl (C=O) groups excluding carboxylic acids is 3. The lowest BCUT2D eigenvalue weighted by Crippen LogP contribution is -2.13. The van der Waals surface area contributed by atoms with Crippen molar-refractivity contribution in [3.8, 4) is 0 Å². The lowest BCUT2D eigenvalue weighted by molar-refractivity contribution is -0.112. The van der Waals surface area contributed by atoms with Gasteiger partial charge in [0.15, 0.2) is 5.78 Å². The van der Waals surface area contributed by atoms with E-state index in [1.807, 2.05) is 12.2 Å². The van der Waals surface area contributed by atoms with Gasteiger partial charge in [-0.1, -0.05) is 12.1 Å². The smallest absolute Gasteiger partial charge is 0.249 e. The first-order chi connectivity index (χ1) is 13.8. The summed E-state index contributed by atoms with van der Waals surface area (Å²) < 4.78 is 1.19. The first-order valence-corrected chi connectivity index (χ1v) is 10.5. The molecule has 0 heterocycles. The fourth-order valence-corrected chi connectivity index (χ4v) is 4.41. The minimum Gasteiger partial charge on any atom is -0.366 e. The Labute approximate surface area is 185 Å². The Balaban J connectivity index is 1.88. The van der Waals surface area contributed by atoms with Gasteiger partial charge in [-0.25, -0.2) is 0 Å². The Morgan fingerprint density at radius 1 is 0.793 bits per heavy atom. The van der Waals surface area contributed by atoms with Crippen molar-refractivity contribution in [1.82, 2.24) is 0 Å². The maximum absolute atomic E-state index is 12.9. The minimum absolute atomic E-state index is 0.00134. The van der Waals surface area contributed by atoms with Gasteiger partial charge in [0.1, 0.15) is 0 Å². The summed E-state index contributed by atoms with van der Waals surface area (Å²) in [5, 5.41) is 0. The number of allylic oxidation sites excluding steroid dienone is 2. The van der Waals surface area contributed by atoms with Crippen LogP contribution in [-0.4, -0.2) is 17.6 Å². The van der Waals surface area contributed by atoms with Crippen molar-refractivity contribution in [2.24, 2.45) is 11.5 Å². The van der Waals surface area contributed by atoms with Crippen LogP contribution in [0.3, 0.4) is 0 Å². The molecule has 0 atom stereocenters. The molecule has 1 aliphatic rings. The zero-order valence-electron chi connectivity index (χ0n) is 15.4. The molecule has 29 heavy (non-hydrogen) atoms. The molecule has 0 unspecified atom stereocenters. The number of carbonyl (C=O) groups is 3. The van der Waals surface area contributed by atoms with Gasteiger partial charge >= 0.3 is 0 Å². The second-order valence-corrected chi connectivity index (χ2v) is 8.44. The molecule has 1 saturated carbocycles. The van der Waals surface area contributed by atoms with Crippen molar-refractivity contribution in [1.29, 1.82) is 0 Å². The van der Waals surface area contributed by atoms with Crippen LogP contribution < -0.4 is 11.5 Å². The Morgan fingerprint density at radius 2 is 1.21 bits per heavy atom. The van der Waals surface area contributed by atoms with E-state index >= 15 is 0 Å². The Morgan fingerprint density at radius 3 is 1.55 bits per heavy atom. The van der Waals surface area contributed by atoms with Crippen LogP contribution in [0.5, 0.6) is 0 Å². The van der Waals surface area contributed by atoms with Crippen LogP contribution >= 0.6 is 31.9 Å². The third kappa shape index (κ3) is 4.92. The summed E-state index contributed by atoms with van der Waals surface area (Å²) in [4.78, 5) is 35.7. The summed E-state index contributed by atoms with van der Waals surface area (Å²) in [7, 11) is 0. The molecule has 0 spiro atoms. The van der Waals surface area contributed by atoms with Crippen LogP contribution in [-0.2, 0) is 4.79 Å². The molecule has 148 valence electrons. The second-order valence-electron chi connectivity index (χ2n) is 6.73. The van der Waals surface area contributed by atoms with Gasteiger partial charge in [-0.3, -0.25) is 14.4 Å². The highest BCUT2D eigenvalue weighted by atomic mass is 79.9. The van der Waals surface area contributed by atoms with Crippen molar-refractivity contribution >= 4 is 61.6 Å². The molecule has 5 nitrogen and oxygen atoms in total. The molecule has 2 aromatic carbocycles. The zero-order chi connectivity index (χ0) is 21.1. The number of Topliss-reactive ketones (excluding diaryl/α,β-unsaturated/α-hetero) is 1. The van der Waals surface area contributed by atoms with Crippen molar-refractivity contribution < 1.29 is 14.4 Å². The van der Waals surface area contributed by atoms with E-state index in [1.165, 1.54) is 0 Å². The van der Waals surface area contributed by atoms with Gasteiger partial charge in [0, 0.05) is 20.1 Å². The minimum atomic E-state index is -0.511. The Kier molecular flexibility index (Phi) is 6.49. The van der Waals surface area contributed by atoms with Gasteiger partial charge in [-0.15, -0.1) is 0 Å². The predicted molar refractivity (Wildman–Crippen MR) is 120 cm³/mol. The summed E-state index contributed by atoms with van der Waals surface area (Å²) in [6.07, 6.45) is 5.93. The molecule has 1 aliphatic carbocycles. The number of rotatable bonds is 4. The van der Waals surface area contributed by atoms with Crippen molar-refractivity contribution in [2.45, 2.75) is 19.3 Å². The fourth-order valence-electron chi connectivity index (χ4n) is 3.22. The number of halogens is 2. The summed E-state index contributed by atoms with van der Waals surface area (Å²) in [5.41, 5.74) is 14.5. The van der Waals surface area contributed by atoms with Crippen LogP contribution in [0, 0.1) is 0 Å². The van der Waals surface area contributed by atoms with Gasteiger partial charge in [-0.05, 0) is 98.7 Å². The van der Waals surface area contributed by atoms with E-state index < -0.39 is 11.8 Å². The molecule has 2 aromatic rings. The number of ketones is 1. The molecule has 2 amide bonds. The first kappa shape index (κ1) is 21.2. The van der Waals surface area contributed by atoms with E-state index in [1.54, 1.807) is 36.4 Å². The molecule has 4 N–H and O–H groups in total. The van der Waals surface area contributed by atoms with Gasteiger partial charge < -0.3 is 11.5 Å². The van der Waals surface area contributed by atoms with Crippen molar-refractivity contribution in [3.05, 3.63) is 78.7 Å². The van der Waals surface area contributed by atoms with Gasteiger partial charge in [0.05, 0.1) is 11.1 Å². The van der Waals surface area contributed by atoms with Crippen LogP contribution in [0.4, 0.5) is 0 Å². The highest BCUT2D eigenvalue weighted by molar-refractivity contribution is 9.10.